The average Bonchev–Trinajstić information content (AvgIpc) is 2.77. The van der Waals surface area contributed by atoms with Gasteiger partial charge >= 0.3 is 0 Å². The van der Waals surface area contributed by atoms with Crippen LogP contribution in [0.5, 0.6) is 0 Å². The van der Waals surface area contributed by atoms with Crippen LogP contribution in [0.25, 0.3) is 0 Å². The minimum atomic E-state index is -0.134. The van der Waals surface area contributed by atoms with Crippen molar-refractivity contribution in [3.8, 4) is 11.8 Å². The van der Waals surface area contributed by atoms with Crippen molar-refractivity contribution in [1.82, 2.24) is 9.80 Å². The third kappa shape index (κ3) is 4.99. The van der Waals surface area contributed by atoms with Gasteiger partial charge in [0.25, 0.3) is 0 Å². The first-order valence-corrected chi connectivity index (χ1v) is 11.1. The van der Waals surface area contributed by atoms with Crippen molar-refractivity contribution in [2.45, 2.75) is 37.4 Å². The molecule has 2 fully saturated rings. The summed E-state index contributed by atoms with van der Waals surface area (Å²) in [6.45, 7) is 4.08. The van der Waals surface area contributed by atoms with Crippen LogP contribution < -0.4 is 0 Å². The molecule has 31 heavy (non-hydrogen) atoms. The molecule has 2 saturated heterocycles. The van der Waals surface area contributed by atoms with Crippen molar-refractivity contribution >= 4 is 0 Å². The van der Waals surface area contributed by atoms with Crippen LogP contribution in [-0.2, 0) is 11.3 Å². The van der Waals surface area contributed by atoms with Gasteiger partial charge in [-0.05, 0) is 49.7 Å². The van der Waals surface area contributed by atoms with Gasteiger partial charge in [0.2, 0.25) is 0 Å². The Kier molecular flexibility index (Phi) is 7.37. The van der Waals surface area contributed by atoms with E-state index in [2.05, 4.69) is 45.9 Å². The number of aliphatic hydroxyl groups excluding tert-OH is 1. The van der Waals surface area contributed by atoms with E-state index >= 15 is 0 Å². The highest BCUT2D eigenvalue weighted by Crippen LogP contribution is 2.42. The zero-order valence-electron chi connectivity index (χ0n) is 18.1. The van der Waals surface area contributed by atoms with Crippen LogP contribution in [-0.4, -0.2) is 66.9 Å². The SMILES string of the molecule is COCC#Cc1ccc([C@@H]2[C@@H](CO)N3CCCCN(Cc4ccccc4F)C[C@H]23)cc1. The Hall–Kier alpha value is -2.23. The highest BCUT2D eigenvalue weighted by atomic mass is 19.1. The topological polar surface area (TPSA) is 35.9 Å². The third-order valence-electron chi connectivity index (χ3n) is 6.55. The minimum absolute atomic E-state index is 0.134. The molecule has 0 bridgehead atoms. The van der Waals surface area contributed by atoms with Crippen LogP contribution in [0, 0.1) is 17.7 Å². The second-order valence-electron chi connectivity index (χ2n) is 8.47. The number of fused-ring (bicyclic) bond motifs is 1. The molecule has 0 aromatic heterocycles. The molecular weight excluding hydrogens is 391 g/mol. The number of rotatable bonds is 5. The van der Waals surface area contributed by atoms with Crippen molar-refractivity contribution in [2.24, 2.45) is 0 Å². The Morgan fingerprint density at radius 1 is 1.10 bits per heavy atom. The van der Waals surface area contributed by atoms with E-state index in [-0.39, 0.29) is 24.4 Å². The molecule has 0 amide bonds. The second kappa shape index (κ2) is 10.4. The normalized spacial score (nSPS) is 24.3. The van der Waals surface area contributed by atoms with Gasteiger partial charge in [0.1, 0.15) is 12.4 Å². The summed E-state index contributed by atoms with van der Waals surface area (Å²) in [5.74, 6) is 6.23. The average molecular weight is 423 g/mol. The first-order valence-electron chi connectivity index (χ1n) is 11.1. The lowest BCUT2D eigenvalue weighted by Crippen LogP contribution is -2.67. The standard InChI is InChI=1S/C26H31FN2O2/c1-31-16-6-7-20-10-12-21(13-11-20)26-24-18-28(17-22-8-2-3-9-23(22)27)14-4-5-15-29(24)25(26)19-30/h2-3,8-13,24-26,30H,4-5,14-19H2,1H3/t24-,25-,26+/m1/s1. The van der Waals surface area contributed by atoms with Gasteiger partial charge in [-0.15, -0.1) is 0 Å². The Bertz CT molecular complexity index is 921. The lowest BCUT2D eigenvalue weighted by molar-refractivity contribution is -0.0656. The van der Waals surface area contributed by atoms with Crippen LogP contribution in [0.4, 0.5) is 4.39 Å². The van der Waals surface area contributed by atoms with Gasteiger partial charge in [-0.3, -0.25) is 9.80 Å². The summed E-state index contributed by atoms with van der Waals surface area (Å²) in [5, 5.41) is 10.1. The van der Waals surface area contributed by atoms with Gasteiger partial charge in [0, 0.05) is 49.3 Å². The summed E-state index contributed by atoms with van der Waals surface area (Å²) < 4.78 is 19.2. The maximum atomic E-state index is 14.2. The molecule has 4 rings (SSSR count). The van der Waals surface area contributed by atoms with Gasteiger partial charge in [-0.25, -0.2) is 4.39 Å². The number of hydrogen-bond donors (Lipinski definition) is 1. The summed E-state index contributed by atoms with van der Waals surface area (Å²) in [4.78, 5) is 4.82. The smallest absolute Gasteiger partial charge is 0.127 e. The zero-order chi connectivity index (χ0) is 21.6. The van der Waals surface area contributed by atoms with Crippen LogP contribution in [0.1, 0.15) is 35.4 Å². The van der Waals surface area contributed by atoms with E-state index in [1.807, 2.05) is 12.1 Å². The van der Waals surface area contributed by atoms with Crippen LogP contribution in [0.15, 0.2) is 48.5 Å². The predicted octanol–water partition coefficient (Wildman–Crippen LogP) is 3.25. The minimum Gasteiger partial charge on any atom is -0.395 e. The molecule has 2 aliphatic rings. The number of halogens is 1. The van der Waals surface area contributed by atoms with Gasteiger partial charge < -0.3 is 9.84 Å². The van der Waals surface area contributed by atoms with Gasteiger partial charge in [0.15, 0.2) is 0 Å². The number of aliphatic hydroxyl groups is 1. The summed E-state index contributed by atoms with van der Waals surface area (Å²) in [7, 11) is 1.64. The molecule has 0 aliphatic carbocycles. The Labute approximate surface area is 184 Å². The van der Waals surface area contributed by atoms with Crippen LogP contribution in [0.3, 0.4) is 0 Å². The summed E-state index contributed by atoms with van der Waals surface area (Å²) in [6, 6.07) is 15.9. The van der Waals surface area contributed by atoms with E-state index in [9.17, 15) is 9.50 Å². The van der Waals surface area contributed by atoms with E-state index in [0.717, 1.165) is 43.6 Å². The van der Waals surface area contributed by atoms with E-state index in [1.165, 1.54) is 11.6 Å². The molecule has 0 spiro atoms. The van der Waals surface area contributed by atoms with E-state index in [4.69, 9.17) is 4.74 Å². The number of methoxy groups -OCH3 is 1. The van der Waals surface area contributed by atoms with Crippen LogP contribution in [0.2, 0.25) is 0 Å². The fourth-order valence-corrected chi connectivity index (χ4v) is 5.02. The number of ether oxygens (including phenoxy) is 1. The third-order valence-corrected chi connectivity index (χ3v) is 6.55. The Morgan fingerprint density at radius 3 is 2.61 bits per heavy atom. The Balaban J connectivity index is 1.51. The lowest BCUT2D eigenvalue weighted by Gasteiger charge is -2.57. The fourth-order valence-electron chi connectivity index (χ4n) is 5.02. The number of hydrogen-bond acceptors (Lipinski definition) is 4. The van der Waals surface area contributed by atoms with Crippen molar-refractivity contribution in [3.63, 3.8) is 0 Å². The molecule has 5 heteroatoms. The van der Waals surface area contributed by atoms with Gasteiger partial charge in [0.05, 0.1) is 6.61 Å². The zero-order valence-corrected chi connectivity index (χ0v) is 18.1. The first-order chi connectivity index (χ1) is 15.2. The van der Waals surface area contributed by atoms with Crippen molar-refractivity contribution in [3.05, 3.63) is 71.0 Å². The molecule has 0 unspecified atom stereocenters. The molecule has 3 atom stereocenters. The quantitative estimate of drug-likeness (QED) is 0.751. The van der Waals surface area contributed by atoms with Crippen molar-refractivity contribution in [2.75, 3.05) is 40.0 Å². The monoisotopic (exact) mass is 422 g/mol. The number of nitrogens with zero attached hydrogens (tertiary/aromatic N) is 2. The second-order valence-corrected chi connectivity index (χ2v) is 8.47. The summed E-state index contributed by atoms with van der Waals surface area (Å²) in [5.41, 5.74) is 2.96. The van der Waals surface area contributed by atoms with E-state index < -0.39 is 0 Å². The highest BCUT2D eigenvalue weighted by molar-refractivity contribution is 5.39. The summed E-state index contributed by atoms with van der Waals surface area (Å²) >= 11 is 0. The maximum Gasteiger partial charge on any atom is 0.127 e. The molecule has 2 heterocycles. The van der Waals surface area contributed by atoms with Crippen molar-refractivity contribution in [1.29, 1.82) is 0 Å². The molecule has 0 radical (unpaired) electrons. The van der Waals surface area contributed by atoms with Crippen LogP contribution >= 0.6 is 0 Å². The fraction of sp³-hybridized carbons (Fsp3) is 0.462. The molecular formula is C26H31FN2O2. The van der Waals surface area contributed by atoms with E-state index in [0.29, 0.717) is 19.2 Å². The largest absolute Gasteiger partial charge is 0.395 e. The molecule has 164 valence electrons. The molecule has 4 nitrogen and oxygen atoms in total. The van der Waals surface area contributed by atoms with Gasteiger partial charge in [-0.2, -0.15) is 0 Å². The highest BCUT2D eigenvalue weighted by Gasteiger charge is 2.49. The molecule has 1 N–H and O–H groups in total. The predicted molar refractivity (Wildman–Crippen MR) is 120 cm³/mol. The molecule has 2 aromatic rings. The Morgan fingerprint density at radius 2 is 1.87 bits per heavy atom. The molecule has 0 saturated carbocycles. The molecule has 2 aliphatic heterocycles. The van der Waals surface area contributed by atoms with Gasteiger partial charge in [-0.1, -0.05) is 42.2 Å². The lowest BCUT2D eigenvalue weighted by atomic mass is 9.74. The maximum absolute atomic E-state index is 14.2. The van der Waals surface area contributed by atoms with Crippen molar-refractivity contribution < 1.29 is 14.2 Å². The number of benzene rings is 2. The first kappa shape index (κ1) is 22.0. The molecule has 2 aromatic carbocycles. The summed E-state index contributed by atoms with van der Waals surface area (Å²) in [6.07, 6.45) is 2.19. The van der Waals surface area contributed by atoms with E-state index in [1.54, 1.807) is 13.2 Å².